The van der Waals surface area contributed by atoms with Crippen molar-refractivity contribution in [2.75, 3.05) is 0 Å². The molecule has 0 atom stereocenters. The molecule has 0 aliphatic carbocycles. The van der Waals surface area contributed by atoms with E-state index >= 15 is 0 Å². The van der Waals surface area contributed by atoms with Crippen LogP contribution in [0.25, 0.3) is 0 Å². The maximum atomic E-state index is 8.35. The molecule has 0 fully saturated rings. The minimum Gasteiger partial charge on any atom is -0.222 e. The first-order chi connectivity index (χ1) is 7.03. The Hall–Kier alpha value is -2.02. The zero-order valence-corrected chi connectivity index (χ0v) is 9.05. The molecule has 1 aromatic carbocycles. The number of carbonyl (C=O) groups excluding carboxylic acids is 2. The van der Waals surface area contributed by atoms with E-state index in [-0.39, 0.29) is 0 Å². The zero-order chi connectivity index (χ0) is 12.3. The smallest absolute Gasteiger partial charge is 0.222 e. The predicted octanol–water partition coefficient (Wildman–Crippen LogP) is 2.41. The number of isocyanates is 2. The van der Waals surface area contributed by atoms with Crippen molar-refractivity contribution in [2.45, 2.75) is 20.8 Å². The fraction of sp³-hybridized carbons (Fsp3) is 0.273. The molecule has 0 radical (unpaired) electrons. The Balaban J connectivity index is 0. The second-order valence-corrected chi connectivity index (χ2v) is 2.79. The molecule has 4 nitrogen and oxygen atoms in total. The first-order valence-corrected chi connectivity index (χ1v) is 4.15. The molecule has 0 amide bonds. The highest BCUT2D eigenvalue weighted by molar-refractivity contribution is 5.28. The van der Waals surface area contributed by atoms with Gasteiger partial charge in [-0.05, 0) is 31.9 Å². The summed E-state index contributed by atoms with van der Waals surface area (Å²) >= 11 is 0. The Morgan fingerprint density at radius 2 is 1.33 bits per heavy atom. The first-order valence-electron chi connectivity index (χ1n) is 4.15. The lowest BCUT2D eigenvalue weighted by Crippen LogP contribution is -1.79. The van der Waals surface area contributed by atoms with Crippen molar-refractivity contribution in [1.29, 1.82) is 10.8 Å². The normalized spacial score (nSPS) is 6.87. The van der Waals surface area contributed by atoms with Crippen LogP contribution in [-0.4, -0.2) is 12.2 Å². The lowest BCUT2D eigenvalue weighted by atomic mass is 10.1. The molecule has 4 heteroatoms. The highest BCUT2D eigenvalue weighted by Gasteiger charge is 1.89. The molecule has 80 valence electrons. The van der Waals surface area contributed by atoms with Crippen LogP contribution in [0, 0.1) is 31.6 Å². The fourth-order valence-corrected chi connectivity index (χ4v) is 0.891. The SMILES string of the molecule is Cc1ccc(C)c(C)c1.N=C=O.N=C=O. The summed E-state index contributed by atoms with van der Waals surface area (Å²) in [6.45, 7) is 6.39. The molecule has 0 spiro atoms. The summed E-state index contributed by atoms with van der Waals surface area (Å²) in [5.41, 5.74) is 4.11. The molecule has 0 heterocycles. The highest BCUT2D eigenvalue weighted by Crippen LogP contribution is 2.07. The lowest BCUT2D eigenvalue weighted by molar-refractivity contribution is 0.562. The first kappa shape index (κ1) is 15.5. The molecule has 2 N–H and O–H groups in total. The summed E-state index contributed by atoms with van der Waals surface area (Å²) in [5, 5.41) is 10.8. The Bertz CT molecular complexity index is 349. The van der Waals surface area contributed by atoms with Crippen LogP contribution in [0.3, 0.4) is 0 Å². The van der Waals surface area contributed by atoms with Gasteiger partial charge in [0.1, 0.15) is 0 Å². The van der Waals surface area contributed by atoms with Crippen LogP contribution in [-0.2, 0) is 9.59 Å². The van der Waals surface area contributed by atoms with Crippen molar-refractivity contribution >= 4 is 12.2 Å². The largest absolute Gasteiger partial charge is 0.231 e. The molecule has 0 aliphatic heterocycles. The molecule has 0 bridgehead atoms. The lowest BCUT2D eigenvalue weighted by Gasteiger charge is -1.98. The summed E-state index contributed by atoms with van der Waals surface area (Å²) in [4.78, 5) is 16.7. The molecule has 0 aromatic heterocycles. The molecular weight excluding hydrogens is 192 g/mol. The van der Waals surface area contributed by atoms with Crippen molar-refractivity contribution in [2.24, 2.45) is 0 Å². The summed E-state index contributed by atoms with van der Waals surface area (Å²) in [7, 11) is 0. The summed E-state index contributed by atoms with van der Waals surface area (Å²) in [6, 6.07) is 6.50. The van der Waals surface area contributed by atoms with Gasteiger partial charge in [0.05, 0.1) is 0 Å². The number of aryl methyl sites for hydroxylation is 3. The van der Waals surface area contributed by atoms with Gasteiger partial charge >= 0.3 is 0 Å². The van der Waals surface area contributed by atoms with Crippen LogP contribution in [0.2, 0.25) is 0 Å². The monoisotopic (exact) mass is 206 g/mol. The second-order valence-electron chi connectivity index (χ2n) is 2.79. The van der Waals surface area contributed by atoms with E-state index in [0.717, 1.165) is 12.2 Å². The minimum absolute atomic E-state index is 0.750. The standard InChI is InChI=1S/C9H12.2CHNO/c1-7-4-5-8(2)9(3)6-7;2*2-1-3/h4-6H,1-3H3;2*2H. The van der Waals surface area contributed by atoms with Crippen molar-refractivity contribution in [1.82, 2.24) is 0 Å². The summed E-state index contributed by atoms with van der Waals surface area (Å²) in [5.74, 6) is 0. The van der Waals surface area contributed by atoms with Crippen LogP contribution in [0.1, 0.15) is 16.7 Å². The van der Waals surface area contributed by atoms with Crippen molar-refractivity contribution < 1.29 is 9.59 Å². The van der Waals surface area contributed by atoms with Gasteiger partial charge in [-0.1, -0.05) is 23.8 Å². The van der Waals surface area contributed by atoms with E-state index in [1.54, 1.807) is 0 Å². The van der Waals surface area contributed by atoms with Crippen LogP contribution >= 0.6 is 0 Å². The summed E-state index contributed by atoms with van der Waals surface area (Å²) < 4.78 is 0. The van der Waals surface area contributed by atoms with Gasteiger partial charge in [-0.2, -0.15) is 0 Å². The van der Waals surface area contributed by atoms with Crippen LogP contribution in [0.4, 0.5) is 0 Å². The van der Waals surface area contributed by atoms with E-state index in [2.05, 4.69) is 39.0 Å². The average Bonchev–Trinajstić information content (AvgIpc) is 2.14. The van der Waals surface area contributed by atoms with Crippen molar-refractivity contribution in [3.05, 3.63) is 34.9 Å². The van der Waals surface area contributed by atoms with Gasteiger partial charge < -0.3 is 0 Å². The average molecular weight is 206 g/mol. The molecule has 15 heavy (non-hydrogen) atoms. The maximum Gasteiger partial charge on any atom is 0.231 e. The molecule has 0 unspecified atom stereocenters. The second kappa shape index (κ2) is 10.1. The van der Waals surface area contributed by atoms with E-state index in [4.69, 9.17) is 20.4 Å². The number of hydrogen-bond donors (Lipinski definition) is 2. The zero-order valence-electron chi connectivity index (χ0n) is 9.05. The minimum atomic E-state index is 0.750. The quantitative estimate of drug-likeness (QED) is 0.504. The van der Waals surface area contributed by atoms with Gasteiger partial charge in [0.25, 0.3) is 0 Å². The summed E-state index contributed by atoms with van der Waals surface area (Å²) in [6.07, 6.45) is 1.50. The number of benzene rings is 1. The number of rotatable bonds is 0. The molecular formula is C11H14N2O2. The molecule has 0 saturated carbocycles. The topological polar surface area (TPSA) is 81.8 Å². The van der Waals surface area contributed by atoms with Gasteiger partial charge in [0.2, 0.25) is 12.2 Å². The van der Waals surface area contributed by atoms with E-state index < -0.39 is 0 Å². The van der Waals surface area contributed by atoms with E-state index in [1.165, 1.54) is 16.7 Å². The van der Waals surface area contributed by atoms with Crippen molar-refractivity contribution in [3.8, 4) is 0 Å². The Kier molecular flexibility index (Phi) is 10.4. The molecule has 1 rings (SSSR count). The fourth-order valence-electron chi connectivity index (χ4n) is 0.891. The molecule has 0 saturated heterocycles. The van der Waals surface area contributed by atoms with E-state index in [9.17, 15) is 0 Å². The van der Waals surface area contributed by atoms with Crippen LogP contribution in [0.15, 0.2) is 18.2 Å². The van der Waals surface area contributed by atoms with Gasteiger partial charge in [0.15, 0.2) is 0 Å². The van der Waals surface area contributed by atoms with E-state index in [0.29, 0.717) is 0 Å². The third kappa shape index (κ3) is 9.90. The van der Waals surface area contributed by atoms with Crippen molar-refractivity contribution in [3.63, 3.8) is 0 Å². The third-order valence-electron chi connectivity index (χ3n) is 1.66. The van der Waals surface area contributed by atoms with Crippen LogP contribution < -0.4 is 0 Å². The Morgan fingerprint density at radius 3 is 1.60 bits per heavy atom. The predicted molar refractivity (Wildman–Crippen MR) is 57.5 cm³/mol. The van der Waals surface area contributed by atoms with Gasteiger partial charge in [-0.25, -0.2) is 20.4 Å². The van der Waals surface area contributed by atoms with E-state index in [1.807, 2.05) is 0 Å². The van der Waals surface area contributed by atoms with Gasteiger partial charge in [-0.3, -0.25) is 0 Å². The molecule has 1 aromatic rings. The molecule has 0 aliphatic rings. The Labute approximate surface area is 89.0 Å². The Morgan fingerprint density at radius 1 is 0.933 bits per heavy atom. The third-order valence-corrected chi connectivity index (χ3v) is 1.66. The van der Waals surface area contributed by atoms with Crippen LogP contribution in [0.5, 0.6) is 0 Å². The maximum absolute atomic E-state index is 8.35. The number of hydrogen-bond acceptors (Lipinski definition) is 4. The van der Waals surface area contributed by atoms with Gasteiger partial charge in [0, 0.05) is 0 Å². The van der Waals surface area contributed by atoms with Gasteiger partial charge in [-0.15, -0.1) is 0 Å². The highest BCUT2D eigenvalue weighted by atomic mass is 16.1. The number of nitrogens with one attached hydrogen (secondary N) is 2.